The summed E-state index contributed by atoms with van der Waals surface area (Å²) in [7, 11) is 1.82. The molecule has 0 heterocycles. The summed E-state index contributed by atoms with van der Waals surface area (Å²) in [4.78, 5) is 24.0. The van der Waals surface area contributed by atoms with Gasteiger partial charge in [0.2, 0.25) is 5.91 Å². The van der Waals surface area contributed by atoms with Gasteiger partial charge in [0, 0.05) is 6.54 Å². The van der Waals surface area contributed by atoms with Crippen LogP contribution in [0.1, 0.15) is 18.1 Å². The Kier molecular flexibility index (Phi) is 4.85. The number of hydrogen-bond donors (Lipinski definition) is 2. The van der Waals surface area contributed by atoms with Crippen LogP contribution in [0.5, 0.6) is 0 Å². The molecule has 0 bridgehead atoms. The van der Waals surface area contributed by atoms with Gasteiger partial charge >= 0.3 is 6.03 Å². The number of primary amides is 1. The number of nitrogens with two attached hydrogens (primary N) is 1. The maximum absolute atomic E-state index is 11.6. The number of benzene rings is 1. The summed E-state index contributed by atoms with van der Waals surface area (Å²) in [5, 5.41) is 2.08. The van der Waals surface area contributed by atoms with Crippen molar-refractivity contribution in [3.63, 3.8) is 0 Å². The van der Waals surface area contributed by atoms with Crippen molar-refractivity contribution in [2.24, 2.45) is 5.73 Å². The molecule has 5 heteroatoms. The van der Waals surface area contributed by atoms with Gasteiger partial charge < -0.3 is 5.73 Å². The van der Waals surface area contributed by atoms with Crippen LogP contribution in [0.2, 0.25) is 0 Å². The fraction of sp³-hybridized carbons (Fsp3) is 0.385. The van der Waals surface area contributed by atoms with Gasteiger partial charge in [-0.3, -0.25) is 15.0 Å². The van der Waals surface area contributed by atoms with Crippen LogP contribution in [-0.2, 0) is 11.3 Å². The van der Waals surface area contributed by atoms with E-state index in [-0.39, 0.29) is 0 Å². The lowest BCUT2D eigenvalue weighted by Crippen LogP contribution is -2.46. The quantitative estimate of drug-likeness (QED) is 0.836. The van der Waals surface area contributed by atoms with E-state index in [0.29, 0.717) is 6.54 Å². The molecule has 0 saturated carbocycles. The number of imide groups is 1. The molecule has 18 heavy (non-hydrogen) atoms. The zero-order chi connectivity index (χ0) is 13.7. The fourth-order valence-corrected chi connectivity index (χ4v) is 1.54. The van der Waals surface area contributed by atoms with Gasteiger partial charge in [-0.1, -0.05) is 29.8 Å². The predicted octanol–water partition coefficient (Wildman–Crippen LogP) is 1.01. The highest BCUT2D eigenvalue weighted by Crippen LogP contribution is 2.08. The Morgan fingerprint density at radius 2 is 1.89 bits per heavy atom. The van der Waals surface area contributed by atoms with Gasteiger partial charge in [0.05, 0.1) is 6.04 Å². The van der Waals surface area contributed by atoms with E-state index in [1.807, 2.05) is 43.1 Å². The number of carbonyl (C=O) groups excluding carboxylic acids is 2. The van der Waals surface area contributed by atoms with Crippen LogP contribution in [0.3, 0.4) is 0 Å². The third-order valence-corrected chi connectivity index (χ3v) is 2.84. The zero-order valence-electron chi connectivity index (χ0n) is 10.9. The number of likely N-dealkylation sites (N-methyl/N-ethyl adjacent to an activating group) is 1. The van der Waals surface area contributed by atoms with E-state index < -0.39 is 18.0 Å². The van der Waals surface area contributed by atoms with Crippen molar-refractivity contribution < 1.29 is 9.59 Å². The molecule has 0 aliphatic carbocycles. The van der Waals surface area contributed by atoms with E-state index in [1.54, 1.807) is 6.92 Å². The predicted molar refractivity (Wildman–Crippen MR) is 69.8 cm³/mol. The van der Waals surface area contributed by atoms with Crippen molar-refractivity contribution in [3.8, 4) is 0 Å². The molecule has 1 aromatic carbocycles. The van der Waals surface area contributed by atoms with Crippen LogP contribution in [-0.4, -0.2) is 29.9 Å². The molecular weight excluding hydrogens is 230 g/mol. The van der Waals surface area contributed by atoms with Crippen molar-refractivity contribution >= 4 is 11.9 Å². The Labute approximate surface area is 107 Å². The minimum atomic E-state index is -0.824. The second-order valence-corrected chi connectivity index (χ2v) is 4.43. The number of rotatable bonds is 4. The van der Waals surface area contributed by atoms with Crippen molar-refractivity contribution in [1.82, 2.24) is 10.2 Å². The smallest absolute Gasteiger partial charge is 0.318 e. The standard InChI is InChI=1S/C13H19N3O2/c1-9-4-6-11(7-5-9)8-16(3)10(2)12(17)15-13(14)18/h4-7,10H,8H2,1-3H3,(H3,14,15,17,18). The molecular formula is C13H19N3O2. The third-order valence-electron chi connectivity index (χ3n) is 2.84. The first kappa shape index (κ1) is 14.2. The lowest BCUT2D eigenvalue weighted by atomic mass is 10.1. The molecule has 5 nitrogen and oxygen atoms in total. The highest BCUT2D eigenvalue weighted by molar-refractivity contribution is 5.96. The van der Waals surface area contributed by atoms with Crippen molar-refractivity contribution in [3.05, 3.63) is 35.4 Å². The lowest BCUT2D eigenvalue weighted by Gasteiger charge is -2.23. The molecule has 0 aliphatic heterocycles. The SMILES string of the molecule is Cc1ccc(CN(C)C(C)C(=O)NC(N)=O)cc1. The average Bonchev–Trinajstić information content (AvgIpc) is 2.30. The first-order chi connectivity index (χ1) is 8.40. The second-order valence-electron chi connectivity index (χ2n) is 4.43. The summed E-state index contributed by atoms with van der Waals surface area (Å²) in [6.45, 7) is 4.39. The molecule has 0 aliphatic rings. The van der Waals surface area contributed by atoms with Crippen LogP contribution >= 0.6 is 0 Å². The molecule has 1 aromatic rings. The summed E-state index contributed by atoms with van der Waals surface area (Å²) in [6.07, 6.45) is 0. The summed E-state index contributed by atoms with van der Waals surface area (Å²) in [5.41, 5.74) is 7.22. The molecule has 3 amide bonds. The number of urea groups is 1. The van der Waals surface area contributed by atoms with Crippen LogP contribution < -0.4 is 11.1 Å². The van der Waals surface area contributed by atoms with Gasteiger partial charge in [-0.2, -0.15) is 0 Å². The Morgan fingerprint density at radius 1 is 1.33 bits per heavy atom. The number of nitrogens with zero attached hydrogens (tertiary/aromatic N) is 1. The molecule has 0 spiro atoms. The maximum atomic E-state index is 11.6. The summed E-state index contributed by atoms with van der Waals surface area (Å²) < 4.78 is 0. The molecule has 1 unspecified atom stereocenters. The minimum Gasteiger partial charge on any atom is -0.351 e. The van der Waals surface area contributed by atoms with Gasteiger partial charge in [0.1, 0.15) is 0 Å². The zero-order valence-corrected chi connectivity index (χ0v) is 10.9. The minimum absolute atomic E-state index is 0.392. The lowest BCUT2D eigenvalue weighted by molar-refractivity contribution is -0.124. The molecule has 98 valence electrons. The molecule has 0 aromatic heterocycles. The average molecular weight is 249 g/mol. The van der Waals surface area contributed by atoms with E-state index in [4.69, 9.17) is 5.73 Å². The van der Waals surface area contributed by atoms with Gasteiger partial charge in [0.15, 0.2) is 0 Å². The third kappa shape index (κ3) is 4.18. The first-order valence-electron chi connectivity index (χ1n) is 5.76. The summed E-state index contributed by atoms with van der Waals surface area (Å²) >= 11 is 0. The van der Waals surface area contributed by atoms with E-state index in [1.165, 1.54) is 5.56 Å². The Morgan fingerprint density at radius 3 is 2.39 bits per heavy atom. The maximum Gasteiger partial charge on any atom is 0.318 e. The van der Waals surface area contributed by atoms with Crippen LogP contribution in [0, 0.1) is 6.92 Å². The number of carbonyl (C=O) groups is 2. The van der Waals surface area contributed by atoms with E-state index in [2.05, 4.69) is 5.32 Å². The Hall–Kier alpha value is -1.88. The van der Waals surface area contributed by atoms with Gasteiger partial charge in [0.25, 0.3) is 0 Å². The highest BCUT2D eigenvalue weighted by atomic mass is 16.2. The fourth-order valence-electron chi connectivity index (χ4n) is 1.54. The highest BCUT2D eigenvalue weighted by Gasteiger charge is 2.19. The normalized spacial score (nSPS) is 12.2. The summed E-state index contributed by atoms with van der Waals surface area (Å²) in [6, 6.07) is 6.85. The molecule has 0 saturated heterocycles. The Balaban J connectivity index is 2.59. The topological polar surface area (TPSA) is 75.4 Å². The number of hydrogen-bond acceptors (Lipinski definition) is 3. The van der Waals surface area contributed by atoms with E-state index >= 15 is 0 Å². The van der Waals surface area contributed by atoms with Crippen LogP contribution in [0.4, 0.5) is 4.79 Å². The Bertz CT molecular complexity index is 428. The molecule has 3 N–H and O–H groups in total. The van der Waals surface area contributed by atoms with E-state index in [0.717, 1.165) is 5.56 Å². The molecule has 1 rings (SSSR count). The number of aryl methyl sites for hydroxylation is 1. The van der Waals surface area contributed by atoms with Crippen molar-refractivity contribution in [1.29, 1.82) is 0 Å². The van der Waals surface area contributed by atoms with Crippen LogP contribution in [0.15, 0.2) is 24.3 Å². The summed E-state index contributed by atoms with van der Waals surface area (Å²) in [5.74, 6) is -0.392. The number of nitrogens with one attached hydrogen (secondary N) is 1. The van der Waals surface area contributed by atoms with Crippen molar-refractivity contribution in [2.45, 2.75) is 26.4 Å². The molecule has 0 fully saturated rings. The number of amides is 3. The monoisotopic (exact) mass is 249 g/mol. The molecule has 0 radical (unpaired) electrons. The van der Waals surface area contributed by atoms with Gasteiger partial charge in [-0.25, -0.2) is 4.79 Å². The van der Waals surface area contributed by atoms with Crippen LogP contribution in [0.25, 0.3) is 0 Å². The molecule has 1 atom stereocenters. The van der Waals surface area contributed by atoms with Gasteiger partial charge in [-0.05, 0) is 26.5 Å². The van der Waals surface area contributed by atoms with E-state index in [9.17, 15) is 9.59 Å². The van der Waals surface area contributed by atoms with Gasteiger partial charge in [-0.15, -0.1) is 0 Å². The van der Waals surface area contributed by atoms with Crippen molar-refractivity contribution in [2.75, 3.05) is 7.05 Å². The largest absolute Gasteiger partial charge is 0.351 e. The first-order valence-corrected chi connectivity index (χ1v) is 5.76. The second kappa shape index (κ2) is 6.16.